The van der Waals surface area contributed by atoms with Gasteiger partial charge in [0.15, 0.2) is 0 Å². The van der Waals surface area contributed by atoms with Crippen LogP contribution in [0.1, 0.15) is 11.1 Å². The molecule has 1 aromatic carbocycles. The number of hydrogen-bond acceptors (Lipinski definition) is 5. The summed E-state index contributed by atoms with van der Waals surface area (Å²) in [5.74, 6) is 0.723. The number of nitrogens with zero attached hydrogens (tertiary/aromatic N) is 4. The number of fused-ring (bicyclic) bond motifs is 1. The first-order valence-electron chi connectivity index (χ1n) is 8.98. The molecule has 0 spiro atoms. The Morgan fingerprint density at radius 1 is 1.04 bits per heavy atom. The van der Waals surface area contributed by atoms with Crippen molar-refractivity contribution in [1.29, 1.82) is 0 Å². The maximum Gasteiger partial charge on any atom is 0.225 e. The molecule has 4 rings (SSSR count). The number of rotatable bonds is 6. The molecule has 0 saturated heterocycles. The van der Waals surface area contributed by atoms with E-state index < -0.39 is 0 Å². The molecule has 6 nitrogen and oxygen atoms in total. The average molecular weight is 356 g/mol. The molecule has 2 N–H and O–H groups in total. The van der Waals surface area contributed by atoms with Crippen molar-refractivity contribution in [2.24, 2.45) is 0 Å². The topological polar surface area (TPSA) is 67.1 Å². The molecular weight excluding hydrogens is 335 g/mol. The Hall–Kier alpha value is -3.19. The molecule has 0 aliphatic rings. The quantitative estimate of drug-likeness (QED) is 0.511. The van der Waals surface area contributed by atoms with Gasteiger partial charge in [-0.25, -0.2) is 9.50 Å². The van der Waals surface area contributed by atoms with Crippen LogP contribution in [-0.2, 0) is 13.1 Å². The van der Waals surface area contributed by atoms with Crippen molar-refractivity contribution in [3.05, 3.63) is 72.2 Å². The molecule has 0 fully saturated rings. The van der Waals surface area contributed by atoms with Crippen molar-refractivity contribution in [2.75, 3.05) is 12.4 Å². The molecule has 0 saturated carbocycles. The minimum atomic E-state index is 0.633. The van der Waals surface area contributed by atoms with E-state index in [1.807, 2.05) is 54.3 Å². The number of anilines is 1. The predicted molar refractivity (Wildman–Crippen MR) is 111 cm³/mol. The average Bonchev–Trinajstić information content (AvgIpc) is 3.11. The van der Waals surface area contributed by atoms with Crippen LogP contribution in [0.2, 0.25) is 0 Å². The lowest BCUT2D eigenvalue weighted by atomic mass is 9.94. The molecule has 7 heteroatoms. The SMILES string of the molecule is Bc1cnn2c(NCc3cccnc3)nc(-c3ccccc3)c(CNC)c12. The van der Waals surface area contributed by atoms with Gasteiger partial charge < -0.3 is 10.6 Å². The highest BCUT2D eigenvalue weighted by atomic mass is 15.3. The maximum absolute atomic E-state index is 4.95. The molecule has 0 atom stereocenters. The molecular formula is C20H21BN6. The monoisotopic (exact) mass is 356 g/mol. The number of aromatic nitrogens is 4. The largest absolute Gasteiger partial charge is 0.350 e. The summed E-state index contributed by atoms with van der Waals surface area (Å²) in [7, 11) is 4.03. The van der Waals surface area contributed by atoms with E-state index in [9.17, 15) is 0 Å². The Labute approximate surface area is 159 Å². The molecule has 27 heavy (non-hydrogen) atoms. The second-order valence-electron chi connectivity index (χ2n) is 6.46. The van der Waals surface area contributed by atoms with Crippen LogP contribution >= 0.6 is 0 Å². The number of hydrogen-bond donors (Lipinski definition) is 2. The highest BCUT2D eigenvalue weighted by molar-refractivity contribution is 6.37. The minimum absolute atomic E-state index is 0.633. The molecule has 134 valence electrons. The van der Waals surface area contributed by atoms with Gasteiger partial charge in [-0.05, 0) is 24.1 Å². The summed E-state index contributed by atoms with van der Waals surface area (Å²) in [6, 6.07) is 14.3. The van der Waals surface area contributed by atoms with Crippen LogP contribution in [0, 0.1) is 0 Å². The van der Waals surface area contributed by atoms with Crippen LogP contribution in [0.5, 0.6) is 0 Å². The molecule has 4 aromatic rings. The highest BCUT2D eigenvalue weighted by Gasteiger charge is 2.17. The third kappa shape index (κ3) is 3.41. The third-order valence-corrected chi connectivity index (χ3v) is 4.52. The molecule has 0 amide bonds. The molecule has 0 aliphatic carbocycles. The van der Waals surface area contributed by atoms with E-state index in [2.05, 4.69) is 40.7 Å². The van der Waals surface area contributed by atoms with Gasteiger partial charge in [-0.15, -0.1) is 0 Å². The number of benzene rings is 1. The van der Waals surface area contributed by atoms with Gasteiger partial charge in [0.1, 0.15) is 7.85 Å². The van der Waals surface area contributed by atoms with Crippen LogP contribution in [-0.4, -0.2) is 34.5 Å². The summed E-state index contributed by atoms with van der Waals surface area (Å²) < 4.78 is 1.89. The Morgan fingerprint density at radius 3 is 2.63 bits per heavy atom. The Morgan fingerprint density at radius 2 is 1.89 bits per heavy atom. The van der Waals surface area contributed by atoms with Crippen LogP contribution in [0.15, 0.2) is 61.1 Å². The second-order valence-corrected chi connectivity index (χ2v) is 6.46. The molecule has 0 radical (unpaired) electrons. The smallest absolute Gasteiger partial charge is 0.225 e. The fourth-order valence-corrected chi connectivity index (χ4v) is 3.27. The summed E-state index contributed by atoms with van der Waals surface area (Å²) in [4.78, 5) is 9.12. The zero-order chi connectivity index (χ0) is 18.6. The fourth-order valence-electron chi connectivity index (χ4n) is 3.27. The Bertz CT molecular complexity index is 1050. The Balaban J connectivity index is 1.85. The third-order valence-electron chi connectivity index (χ3n) is 4.52. The van der Waals surface area contributed by atoms with Crippen molar-refractivity contribution in [1.82, 2.24) is 24.9 Å². The first-order chi connectivity index (χ1) is 13.3. The van der Waals surface area contributed by atoms with Crippen LogP contribution in [0.25, 0.3) is 16.8 Å². The van der Waals surface area contributed by atoms with Gasteiger partial charge >= 0.3 is 0 Å². The van der Waals surface area contributed by atoms with Gasteiger partial charge in [-0.3, -0.25) is 4.98 Å². The van der Waals surface area contributed by atoms with E-state index in [0.29, 0.717) is 6.54 Å². The van der Waals surface area contributed by atoms with Gasteiger partial charge in [0.05, 0.1) is 11.2 Å². The fraction of sp³-hybridized carbons (Fsp3) is 0.150. The summed E-state index contributed by atoms with van der Waals surface area (Å²) in [5, 5.41) is 11.3. The van der Waals surface area contributed by atoms with E-state index in [1.165, 1.54) is 0 Å². The lowest BCUT2D eigenvalue weighted by Gasteiger charge is -2.16. The molecule has 3 aromatic heterocycles. The van der Waals surface area contributed by atoms with Gasteiger partial charge in [0, 0.05) is 42.8 Å². The van der Waals surface area contributed by atoms with E-state index in [4.69, 9.17) is 4.98 Å². The summed E-state index contributed by atoms with van der Waals surface area (Å²) in [6.07, 6.45) is 5.52. The van der Waals surface area contributed by atoms with Gasteiger partial charge in [-0.2, -0.15) is 5.10 Å². The van der Waals surface area contributed by atoms with Gasteiger partial charge in [0.25, 0.3) is 0 Å². The van der Waals surface area contributed by atoms with Gasteiger partial charge in [0.2, 0.25) is 5.95 Å². The van der Waals surface area contributed by atoms with E-state index in [-0.39, 0.29) is 0 Å². The van der Waals surface area contributed by atoms with Crippen LogP contribution in [0.3, 0.4) is 0 Å². The van der Waals surface area contributed by atoms with Crippen LogP contribution in [0.4, 0.5) is 5.95 Å². The molecule has 0 unspecified atom stereocenters. The molecule has 0 bridgehead atoms. The standard InChI is InChI=1S/C20H21BN6/c1-22-12-16-18(15-7-3-2-4-8-15)26-20(27-19(16)17(21)13-25-27)24-11-14-6-5-9-23-10-14/h2-10,13,22H,11-12,21H2,1H3,(H,24,26). The van der Waals surface area contributed by atoms with Crippen molar-refractivity contribution < 1.29 is 0 Å². The number of nitrogens with one attached hydrogen (secondary N) is 2. The van der Waals surface area contributed by atoms with E-state index in [1.54, 1.807) is 6.20 Å². The number of pyridine rings is 1. The van der Waals surface area contributed by atoms with E-state index >= 15 is 0 Å². The predicted octanol–water partition coefficient (Wildman–Crippen LogP) is 1.38. The first-order valence-corrected chi connectivity index (χ1v) is 8.98. The zero-order valence-corrected chi connectivity index (χ0v) is 15.5. The van der Waals surface area contributed by atoms with Gasteiger partial charge in [-0.1, -0.05) is 36.4 Å². The maximum atomic E-state index is 4.95. The highest BCUT2D eigenvalue weighted by Crippen LogP contribution is 2.27. The van der Waals surface area contributed by atoms with Crippen molar-refractivity contribution in [3.63, 3.8) is 0 Å². The van der Waals surface area contributed by atoms with Crippen LogP contribution < -0.4 is 16.1 Å². The summed E-state index contributed by atoms with van der Waals surface area (Å²) in [6.45, 7) is 1.35. The minimum Gasteiger partial charge on any atom is -0.350 e. The van der Waals surface area contributed by atoms with E-state index in [0.717, 1.165) is 45.9 Å². The molecule has 0 aliphatic heterocycles. The van der Waals surface area contributed by atoms with Crippen molar-refractivity contribution >= 4 is 24.8 Å². The normalized spacial score (nSPS) is 11.0. The summed E-state index contributed by atoms with van der Waals surface area (Å²) in [5.41, 5.74) is 6.52. The summed E-state index contributed by atoms with van der Waals surface area (Å²) >= 11 is 0. The lowest BCUT2D eigenvalue weighted by Crippen LogP contribution is -2.16. The van der Waals surface area contributed by atoms with Crippen molar-refractivity contribution in [3.8, 4) is 11.3 Å². The zero-order valence-electron chi connectivity index (χ0n) is 15.5. The second kappa shape index (κ2) is 7.59. The van der Waals surface area contributed by atoms with Crippen molar-refractivity contribution in [2.45, 2.75) is 13.1 Å². The first kappa shape index (κ1) is 17.2. The Kier molecular flexibility index (Phi) is 4.85. The molecule has 3 heterocycles. The lowest BCUT2D eigenvalue weighted by molar-refractivity contribution is 0.805.